The molecule has 0 radical (unpaired) electrons. The molecular weight excluding hydrogens is 583 g/mol. The van der Waals surface area contributed by atoms with Crippen molar-refractivity contribution >= 4 is 28.6 Å². The minimum atomic E-state index is -1.09. The maximum atomic E-state index is 15.5. The first-order chi connectivity index (χ1) is 20.5. The highest BCUT2D eigenvalue weighted by Crippen LogP contribution is 2.30. The fourth-order valence-electron chi connectivity index (χ4n) is 4.79. The summed E-state index contributed by atoms with van der Waals surface area (Å²) >= 11 is 5.79. The van der Waals surface area contributed by atoms with Crippen LogP contribution in [-0.4, -0.2) is 38.8 Å². The number of fused-ring (bicyclic) bond motifs is 1. The molecule has 0 aliphatic rings. The van der Waals surface area contributed by atoms with Gasteiger partial charge in [-0.2, -0.15) is 0 Å². The number of hydrogen-bond acceptors (Lipinski definition) is 5. The second-order valence-electron chi connectivity index (χ2n) is 10.1. The van der Waals surface area contributed by atoms with Gasteiger partial charge >= 0.3 is 5.97 Å². The van der Waals surface area contributed by atoms with Crippen LogP contribution in [0.4, 0.5) is 13.2 Å². The number of methoxy groups -OCH3 is 1. The van der Waals surface area contributed by atoms with Gasteiger partial charge in [-0.1, -0.05) is 23.7 Å². The molecule has 222 valence electrons. The van der Waals surface area contributed by atoms with E-state index in [1.165, 1.54) is 42.5 Å². The van der Waals surface area contributed by atoms with Crippen LogP contribution >= 0.6 is 11.6 Å². The molecular formula is C32H27ClF3N3O4. The predicted octanol–water partition coefficient (Wildman–Crippen LogP) is 7.63. The van der Waals surface area contributed by atoms with Gasteiger partial charge in [0.25, 0.3) is 0 Å². The van der Waals surface area contributed by atoms with E-state index in [0.29, 0.717) is 16.9 Å². The molecule has 11 heteroatoms. The fraction of sp³-hybridized carbons (Fsp3) is 0.219. The highest BCUT2D eigenvalue weighted by Gasteiger charge is 2.23. The number of aromatic nitrogens is 3. The van der Waals surface area contributed by atoms with Crippen LogP contribution in [0, 0.1) is 17.5 Å². The number of hydrogen-bond donors (Lipinski definition) is 1. The Bertz CT molecular complexity index is 1830. The van der Waals surface area contributed by atoms with E-state index < -0.39 is 23.4 Å². The summed E-state index contributed by atoms with van der Waals surface area (Å²) in [6, 6.07) is 15.2. The molecule has 0 aliphatic heterocycles. The van der Waals surface area contributed by atoms with Crippen LogP contribution in [0.25, 0.3) is 22.3 Å². The third kappa shape index (κ3) is 6.35. The lowest BCUT2D eigenvalue weighted by atomic mass is 10.0. The van der Waals surface area contributed by atoms with E-state index in [9.17, 15) is 14.3 Å². The summed E-state index contributed by atoms with van der Waals surface area (Å²) in [6.45, 7) is 3.60. The number of imidazole rings is 1. The van der Waals surface area contributed by atoms with E-state index in [0.717, 1.165) is 12.1 Å². The summed E-state index contributed by atoms with van der Waals surface area (Å²) in [5.41, 5.74) is 1.52. The number of benzene rings is 3. The number of carboxylic acid groups (broad SMARTS) is 1. The number of aromatic carboxylic acids is 1. The van der Waals surface area contributed by atoms with E-state index in [4.69, 9.17) is 21.1 Å². The van der Waals surface area contributed by atoms with Gasteiger partial charge in [-0.15, -0.1) is 0 Å². The van der Waals surface area contributed by atoms with Gasteiger partial charge in [-0.3, -0.25) is 0 Å². The molecule has 0 fully saturated rings. The van der Waals surface area contributed by atoms with Gasteiger partial charge < -0.3 is 19.1 Å². The minimum Gasteiger partial charge on any atom is -0.478 e. The molecule has 43 heavy (non-hydrogen) atoms. The van der Waals surface area contributed by atoms with E-state index >= 15 is 8.78 Å². The highest BCUT2D eigenvalue weighted by atomic mass is 35.5. The SMILES string of the molecule is COC(C)C(C)n1c(Cc2cc(F)c(-c3cccc(OCc4ccc(Cl)cc4F)n3)cc2F)nc2ccc(C(=O)O)cc21. The van der Waals surface area contributed by atoms with Crippen molar-refractivity contribution in [2.24, 2.45) is 0 Å². The second kappa shape index (κ2) is 12.4. The Balaban J connectivity index is 1.45. The topological polar surface area (TPSA) is 86.5 Å². The summed E-state index contributed by atoms with van der Waals surface area (Å²) in [5.74, 6) is -2.49. The van der Waals surface area contributed by atoms with Gasteiger partial charge in [0.2, 0.25) is 5.88 Å². The smallest absolute Gasteiger partial charge is 0.335 e. The number of halogens is 4. The van der Waals surface area contributed by atoms with Crippen molar-refractivity contribution in [3.63, 3.8) is 0 Å². The van der Waals surface area contributed by atoms with Gasteiger partial charge in [0.1, 0.15) is 29.9 Å². The average molecular weight is 610 g/mol. The van der Waals surface area contributed by atoms with E-state index in [1.807, 2.05) is 13.8 Å². The number of pyridine rings is 1. The standard InChI is InChI=1S/C32H27ClF3N3O4/c1-17(18(2)42-3)39-29-12-19(32(40)41)8-10-28(29)37-30(39)13-21-11-26(36)23(15-25(21)35)27-5-4-6-31(38-27)43-16-20-7-9-22(33)14-24(20)34/h4-12,14-15,17-18H,13,16H2,1-3H3,(H,40,41). The normalized spacial score (nSPS) is 12.8. The molecule has 5 aromatic rings. The molecule has 0 aliphatic carbocycles. The maximum Gasteiger partial charge on any atom is 0.335 e. The molecule has 7 nitrogen and oxygen atoms in total. The van der Waals surface area contributed by atoms with Crippen molar-refractivity contribution in [3.05, 3.63) is 112 Å². The highest BCUT2D eigenvalue weighted by molar-refractivity contribution is 6.30. The molecule has 2 atom stereocenters. The zero-order valence-corrected chi connectivity index (χ0v) is 24.2. The number of carbonyl (C=O) groups is 1. The van der Waals surface area contributed by atoms with Crippen LogP contribution in [0.1, 0.15) is 47.2 Å². The Morgan fingerprint density at radius 1 is 0.953 bits per heavy atom. The van der Waals surface area contributed by atoms with Gasteiger partial charge in [-0.05, 0) is 67.9 Å². The molecule has 2 heterocycles. The van der Waals surface area contributed by atoms with Crippen molar-refractivity contribution in [3.8, 4) is 17.1 Å². The maximum absolute atomic E-state index is 15.5. The number of nitrogens with zero attached hydrogens (tertiary/aromatic N) is 3. The quantitative estimate of drug-likeness (QED) is 0.175. The van der Waals surface area contributed by atoms with Gasteiger partial charge in [0, 0.05) is 35.7 Å². The van der Waals surface area contributed by atoms with Crippen molar-refractivity contribution in [2.45, 2.75) is 39.0 Å². The summed E-state index contributed by atoms with van der Waals surface area (Å²) in [5, 5.41) is 9.75. The summed E-state index contributed by atoms with van der Waals surface area (Å²) in [7, 11) is 1.56. The molecule has 0 saturated carbocycles. The molecule has 3 aromatic carbocycles. The summed E-state index contributed by atoms with van der Waals surface area (Å²) < 4.78 is 58.0. The Morgan fingerprint density at radius 2 is 1.72 bits per heavy atom. The third-order valence-corrected chi connectivity index (χ3v) is 7.58. The molecule has 2 aromatic heterocycles. The first-order valence-electron chi connectivity index (χ1n) is 13.3. The summed E-state index contributed by atoms with van der Waals surface area (Å²) in [4.78, 5) is 20.5. The van der Waals surface area contributed by atoms with Crippen LogP contribution in [0.2, 0.25) is 5.02 Å². The third-order valence-electron chi connectivity index (χ3n) is 7.34. The van der Waals surface area contributed by atoms with Crippen molar-refractivity contribution in [1.82, 2.24) is 14.5 Å². The predicted molar refractivity (Wildman–Crippen MR) is 156 cm³/mol. The summed E-state index contributed by atoms with van der Waals surface area (Å²) in [6.07, 6.45) is -0.352. The molecule has 5 rings (SSSR count). The molecule has 0 saturated heterocycles. The second-order valence-corrected chi connectivity index (χ2v) is 10.5. The van der Waals surface area contributed by atoms with E-state index in [1.54, 1.807) is 23.8 Å². The van der Waals surface area contributed by atoms with Crippen molar-refractivity contribution < 1.29 is 32.5 Å². The largest absolute Gasteiger partial charge is 0.478 e. The molecule has 1 N–H and O–H groups in total. The molecule has 0 bridgehead atoms. The number of ether oxygens (including phenoxy) is 2. The minimum absolute atomic E-state index is 0.0548. The Kier molecular flexibility index (Phi) is 8.70. The van der Waals surface area contributed by atoms with Crippen LogP contribution in [0.5, 0.6) is 5.88 Å². The Labute approximate surface area is 250 Å². The number of carboxylic acids is 1. The van der Waals surface area contributed by atoms with Crippen LogP contribution in [-0.2, 0) is 17.8 Å². The van der Waals surface area contributed by atoms with E-state index in [2.05, 4.69) is 9.97 Å². The number of rotatable bonds is 10. The van der Waals surface area contributed by atoms with Crippen molar-refractivity contribution in [2.75, 3.05) is 7.11 Å². The molecule has 0 spiro atoms. The van der Waals surface area contributed by atoms with Gasteiger partial charge in [-0.25, -0.2) is 27.9 Å². The first-order valence-corrected chi connectivity index (χ1v) is 13.7. The average Bonchev–Trinajstić information content (AvgIpc) is 3.34. The van der Waals surface area contributed by atoms with E-state index in [-0.39, 0.29) is 64.0 Å². The van der Waals surface area contributed by atoms with Crippen LogP contribution < -0.4 is 4.74 Å². The monoisotopic (exact) mass is 609 g/mol. The molecule has 2 unspecified atom stereocenters. The van der Waals surface area contributed by atoms with Crippen molar-refractivity contribution in [1.29, 1.82) is 0 Å². The Morgan fingerprint density at radius 3 is 2.44 bits per heavy atom. The van der Waals surface area contributed by atoms with Crippen LogP contribution in [0.3, 0.4) is 0 Å². The molecule has 0 amide bonds. The zero-order chi connectivity index (χ0) is 30.8. The fourth-order valence-corrected chi connectivity index (χ4v) is 4.95. The lowest BCUT2D eigenvalue weighted by molar-refractivity contribution is 0.0697. The van der Waals surface area contributed by atoms with Gasteiger partial charge in [0.05, 0.1) is 34.4 Å². The first kappa shape index (κ1) is 30.1. The lowest BCUT2D eigenvalue weighted by Gasteiger charge is -2.23. The van der Waals surface area contributed by atoms with Gasteiger partial charge in [0.15, 0.2) is 0 Å². The lowest BCUT2D eigenvalue weighted by Crippen LogP contribution is -2.22. The zero-order valence-electron chi connectivity index (χ0n) is 23.4. The Hall–Kier alpha value is -4.41. The van der Waals surface area contributed by atoms with Crippen LogP contribution in [0.15, 0.2) is 66.7 Å².